The summed E-state index contributed by atoms with van der Waals surface area (Å²) in [7, 11) is 0. The standard InChI is InChI=1S/C11H24O.CH4/c1-6-7-10(9(2)3)11(4,5)8-12;/h9-10,12H,6-8H2,1-5H3;1H4/t10-;/m1./s1. The third kappa shape index (κ3) is 4.66. The van der Waals surface area contributed by atoms with Gasteiger partial charge in [-0.1, -0.05) is 48.5 Å². The Morgan fingerprint density at radius 2 is 1.69 bits per heavy atom. The van der Waals surface area contributed by atoms with Crippen LogP contribution in [-0.2, 0) is 0 Å². The molecule has 0 aromatic rings. The first-order valence-corrected chi connectivity index (χ1v) is 5.06. The van der Waals surface area contributed by atoms with Gasteiger partial charge in [-0.15, -0.1) is 0 Å². The average molecular weight is 188 g/mol. The van der Waals surface area contributed by atoms with E-state index in [1.165, 1.54) is 12.8 Å². The zero-order chi connectivity index (χ0) is 9.78. The maximum atomic E-state index is 9.24. The van der Waals surface area contributed by atoms with Crippen LogP contribution >= 0.6 is 0 Å². The molecule has 0 saturated carbocycles. The molecule has 13 heavy (non-hydrogen) atoms. The van der Waals surface area contributed by atoms with Gasteiger partial charge in [-0.05, 0) is 23.7 Å². The highest BCUT2D eigenvalue weighted by Gasteiger charge is 2.30. The van der Waals surface area contributed by atoms with Crippen molar-refractivity contribution >= 4 is 0 Å². The molecule has 0 aromatic heterocycles. The van der Waals surface area contributed by atoms with Crippen molar-refractivity contribution in [3.63, 3.8) is 0 Å². The van der Waals surface area contributed by atoms with Gasteiger partial charge in [0, 0.05) is 6.61 Å². The van der Waals surface area contributed by atoms with Crippen LogP contribution in [0, 0.1) is 17.3 Å². The Morgan fingerprint density at radius 3 is 1.92 bits per heavy atom. The quantitative estimate of drug-likeness (QED) is 0.697. The second-order valence-electron chi connectivity index (χ2n) is 4.79. The van der Waals surface area contributed by atoms with E-state index >= 15 is 0 Å². The van der Waals surface area contributed by atoms with Crippen molar-refractivity contribution in [2.45, 2.75) is 54.9 Å². The first-order valence-electron chi connectivity index (χ1n) is 5.06. The van der Waals surface area contributed by atoms with E-state index in [1.807, 2.05) is 0 Å². The Balaban J connectivity index is 0. The smallest absolute Gasteiger partial charge is 0.0484 e. The molecule has 0 aliphatic carbocycles. The van der Waals surface area contributed by atoms with Crippen LogP contribution in [0.3, 0.4) is 0 Å². The van der Waals surface area contributed by atoms with Gasteiger partial charge in [0.2, 0.25) is 0 Å². The van der Waals surface area contributed by atoms with Gasteiger partial charge in [0.05, 0.1) is 0 Å². The van der Waals surface area contributed by atoms with E-state index in [4.69, 9.17) is 0 Å². The molecule has 0 amide bonds. The molecular weight excluding hydrogens is 160 g/mol. The predicted molar refractivity (Wildman–Crippen MR) is 60.8 cm³/mol. The van der Waals surface area contributed by atoms with Crippen LogP contribution in [-0.4, -0.2) is 11.7 Å². The number of hydrogen-bond acceptors (Lipinski definition) is 1. The predicted octanol–water partition coefficient (Wildman–Crippen LogP) is 3.71. The van der Waals surface area contributed by atoms with E-state index in [0.717, 1.165) is 0 Å². The van der Waals surface area contributed by atoms with Gasteiger partial charge < -0.3 is 5.11 Å². The maximum absolute atomic E-state index is 9.24. The number of rotatable bonds is 5. The molecule has 0 rings (SSSR count). The topological polar surface area (TPSA) is 20.2 Å². The molecule has 0 fully saturated rings. The minimum Gasteiger partial charge on any atom is -0.396 e. The van der Waals surface area contributed by atoms with Crippen molar-refractivity contribution in [1.29, 1.82) is 0 Å². The summed E-state index contributed by atoms with van der Waals surface area (Å²) in [4.78, 5) is 0. The zero-order valence-electron chi connectivity index (χ0n) is 9.22. The van der Waals surface area contributed by atoms with Crippen LogP contribution < -0.4 is 0 Å². The minimum absolute atomic E-state index is 0. The molecule has 0 aliphatic heterocycles. The number of aliphatic hydroxyl groups excluding tert-OH is 1. The molecule has 1 heteroatoms. The van der Waals surface area contributed by atoms with E-state index in [2.05, 4.69) is 34.6 Å². The van der Waals surface area contributed by atoms with E-state index in [1.54, 1.807) is 0 Å². The van der Waals surface area contributed by atoms with E-state index in [0.29, 0.717) is 18.4 Å². The van der Waals surface area contributed by atoms with Crippen molar-refractivity contribution in [1.82, 2.24) is 0 Å². The van der Waals surface area contributed by atoms with Crippen LogP contribution in [0.2, 0.25) is 0 Å². The van der Waals surface area contributed by atoms with Crippen LogP contribution in [0.4, 0.5) is 0 Å². The van der Waals surface area contributed by atoms with Gasteiger partial charge in [0.25, 0.3) is 0 Å². The Labute approximate surface area is 84.6 Å². The number of aliphatic hydroxyl groups is 1. The highest BCUT2D eigenvalue weighted by Crippen LogP contribution is 2.35. The van der Waals surface area contributed by atoms with Crippen molar-refractivity contribution in [2.24, 2.45) is 17.3 Å². The SMILES string of the molecule is C.CCC[C@H](C(C)C)C(C)(C)CO. The molecule has 0 aliphatic rings. The fourth-order valence-electron chi connectivity index (χ4n) is 2.05. The third-order valence-corrected chi connectivity index (χ3v) is 2.82. The fraction of sp³-hybridized carbons (Fsp3) is 1.00. The Bertz CT molecular complexity index is 116. The largest absolute Gasteiger partial charge is 0.396 e. The average Bonchev–Trinajstić information content (AvgIpc) is 1.99. The molecule has 0 aromatic carbocycles. The summed E-state index contributed by atoms with van der Waals surface area (Å²) in [6.45, 7) is 11.3. The van der Waals surface area contributed by atoms with Crippen molar-refractivity contribution in [3.8, 4) is 0 Å². The van der Waals surface area contributed by atoms with Gasteiger partial charge in [-0.3, -0.25) is 0 Å². The van der Waals surface area contributed by atoms with E-state index in [9.17, 15) is 5.11 Å². The second kappa shape index (κ2) is 6.42. The molecule has 82 valence electrons. The van der Waals surface area contributed by atoms with Crippen molar-refractivity contribution in [2.75, 3.05) is 6.61 Å². The summed E-state index contributed by atoms with van der Waals surface area (Å²) in [6, 6.07) is 0. The Morgan fingerprint density at radius 1 is 1.23 bits per heavy atom. The summed E-state index contributed by atoms with van der Waals surface area (Å²) in [5.41, 5.74) is 0.0875. The molecule has 1 N–H and O–H groups in total. The van der Waals surface area contributed by atoms with Gasteiger partial charge in [0.15, 0.2) is 0 Å². The van der Waals surface area contributed by atoms with Gasteiger partial charge in [0.1, 0.15) is 0 Å². The normalized spacial score (nSPS) is 14.1. The Kier molecular flexibility index (Phi) is 7.62. The molecule has 0 unspecified atom stereocenters. The van der Waals surface area contributed by atoms with Crippen LogP contribution in [0.15, 0.2) is 0 Å². The first kappa shape index (κ1) is 15.4. The highest BCUT2D eigenvalue weighted by molar-refractivity contribution is 4.79. The minimum atomic E-state index is 0. The Hall–Kier alpha value is -0.0400. The summed E-state index contributed by atoms with van der Waals surface area (Å²) in [5, 5.41) is 9.24. The molecule has 0 radical (unpaired) electrons. The number of hydrogen-bond donors (Lipinski definition) is 1. The lowest BCUT2D eigenvalue weighted by atomic mass is 9.71. The van der Waals surface area contributed by atoms with Gasteiger partial charge in [-0.2, -0.15) is 0 Å². The summed E-state index contributed by atoms with van der Waals surface area (Å²) >= 11 is 0. The first-order chi connectivity index (χ1) is 5.45. The summed E-state index contributed by atoms with van der Waals surface area (Å²) in [5.74, 6) is 1.32. The summed E-state index contributed by atoms with van der Waals surface area (Å²) < 4.78 is 0. The second-order valence-corrected chi connectivity index (χ2v) is 4.79. The lowest BCUT2D eigenvalue weighted by Crippen LogP contribution is -2.31. The van der Waals surface area contributed by atoms with Gasteiger partial charge in [-0.25, -0.2) is 0 Å². The lowest BCUT2D eigenvalue weighted by Gasteiger charge is -2.35. The molecule has 0 heterocycles. The molecule has 0 bridgehead atoms. The van der Waals surface area contributed by atoms with E-state index < -0.39 is 0 Å². The fourth-order valence-corrected chi connectivity index (χ4v) is 2.05. The zero-order valence-corrected chi connectivity index (χ0v) is 9.22. The molecular formula is C12H28O. The van der Waals surface area contributed by atoms with Crippen molar-refractivity contribution < 1.29 is 5.11 Å². The maximum Gasteiger partial charge on any atom is 0.0484 e. The van der Waals surface area contributed by atoms with E-state index in [-0.39, 0.29) is 12.8 Å². The lowest BCUT2D eigenvalue weighted by molar-refractivity contribution is 0.0636. The molecule has 0 spiro atoms. The molecule has 1 nitrogen and oxygen atoms in total. The molecule has 1 atom stereocenters. The molecule has 0 saturated heterocycles. The highest BCUT2D eigenvalue weighted by atomic mass is 16.3. The monoisotopic (exact) mass is 188 g/mol. The summed E-state index contributed by atoms with van der Waals surface area (Å²) in [6.07, 6.45) is 2.44. The van der Waals surface area contributed by atoms with Crippen molar-refractivity contribution in [3.05, 3.63) is 0 Å². The van der Waals surface area contributed by atoms with Crippen LogP contribution in [0.25, 0.3) is 0 Å². The van der Waals surface area contributed by atoms with Crippen LogP contribution in [0.1, 0.15) is 54.9 Å². The third-order valence-electron chi connectivity index (χ3n) is 2.82. The van der Waals surface area contributed by atoms with Crippen LogP contribution in [0.5, 0.6) is 0 Å². The van der Waals surface area contributed by atoms with Gasteiger partial charge >= 0.3 is 0 Å².